The summed E-state index contributed by atoms with van der Waals surface area (Å²) in [6, 6.07) is 19.8. The van der Waals surface area contributed by atoms with Crippen LogP contribution in [0.5, 0.6) is 0 Å². The van der Waals surface area contributed by atoms with E-state index < -0.39 is 0 Å². The first-order valence-corrected chi connectivity index (χ1v) is 8.63. The minimum atomic E-state index is -0.177. The fourth-order valence-electron chi connectivity index (χ4n) is 2.60. The first-order chi connectivity index (χ1) is 12.6. The number of hydrogen-bond acceptors (Lipinski definition) is 4. The van der Waals surface area contributed by atoms with E-state index >= 15 is 0 Å². The van der Waals surface area contributed by atoms with E-state index in [0.29, 0.717) is 18.1 Å². The molecule has 1 aromatic heterocycles. The number of aromatic nitrogens is 2. The number of hydrogen-bond donors (Lipinski definition) is 1. The van der Waals surface area contributed by atoms with E-state index in [2.05, 4.69) is 15.3 Å². The number of nitrogens with one attached hydrogen (secondary N) is 1. The number of benzene rings is 2. The highest BCUT2D eigenvalue weighted by molar-refractivity contribution is 6.04. The van der Waals surface area contributed by atoms with E-state index in [1.165, 1.54) is 6.20 Å². The first-order valence-electron chi connectivity index (χ1n) is 8.63. The molecular formula is C21H22N4O. The van der Waals surface area contributed by atoms with Gasteiger partial charge in [0, 0.05) is 11.7 Å². The monoisotopic (exact) mass is 346 g/mol. The third kappa shape index (κ3) is 4.45. The average Bonchev–Trinajstić information content (AvgIpc) is 2.67. The maximum Gasteiger partial charge on any atom is 0.278 e. The Bertz CT molecular complexity index is 833. The first kappa shape index (κ1) is 17.6. The van der Waals surface area contributed by atoms with Gasteiger partial charge in [-0.2, -0.15) is 0 Å². The van der Waals surface area contributed by atoms with Gasteiger partial charge >= 0.3 is 0 Å². The molecule has 1 amide bonds. The van der Waals surface area contributed by atoms with Crippen molar-refractivity contribution < 1.29 is 4.79 Å². The Hall–Kier alpha value is -3.21. The highest BCUT2D eigenvalue weighted by Crippen LogP contribution is 2.19. The molecule has 0 fully saturated rings. The largest absolute Gasteiger partial charge is 0.367 e. The van der Waals surface area contributed by atoms with Crippen LogP contribution in [0.2, 0.25) is 0 Å². The molecule has 1 heterocycles. The molecule has 0 unspecified atom stereocenters. The van der Waals surface area contributed by atoms with E-state index in [-0.39, 0.29) is 11.9 Å². The Kier molecular flexibility index (Phi) is 5.59. The van der Waals surface area contributed by atoms with Gasteiger partial charge in [0.15, 0.2) is 0 Å². The third-order valence-electron chi connectivity index (χ3n) is 3.80. The van der Waals surface area contributed by atoms with E-state index in [1.807, 2.05) is 74.5 Å². The number of amides is 1. The summed E-state index contributed by atoms with van der Waals surface area (Å²) in [4.78, 5) is 23.4. The van der Waals surface area contributed by atoms with Gasteiger partial charge in [0.25, 0.3) is 5.91 Å². The van der Waals surface area contributed by atoms with Crippen LogP contribution < -0.4 is 10.2 Å². The highest BCUT2D eigenvalue weighted by Gasteiger charge is 2.19. The molecule has 5 heteroatoms. The number of rotatable bonds is 6. The Morgan fingerprint density at radius 1 is 0.962 bits per heavy atom. The van der Waals surface area contributed by atoms with E-state index in [4.69, 9.17) is 0 Å². The summed E-state index contributed by atoms with van der Waals surface area (Å²) in [5.41, 5.74) is 2.20. The molecule has 5 nitrogen and oxygen atoms in total. The summed E-state index contributed by atoms with van der Waals surface area (Å²) in [6.07, 6.45) is 3.12. The summed E-state index contributed by atoms with van der Waals surface area (Å²) in [7, 11) is 0. The van der Waals surface area contributed by atoms with Gasteiger partial charge < -0.3 is 10.2 Å². The number of nitrogens with zero attached hydrogens (tertiary/aromatic N) is 3. The maximum absolute atomic E-state index is 13.1. The fourth-order valence-corrected chi connectivity index (χ4v) is 2.60. The van der Waals surface area contributed by atoms with Crippen molar-refractivity contribution in [2.75, 3.05) is 10.2 Å². The molecular weight excluding hydrogens is 324 g/mol. The lowest BCUT2D eigenvalue weighted by Crippen LogP contribution is -2.31. The van der Waals surface area contributed by atoms with Crippen molar-refractivity contribution >= 4 is 17.4 Å². The molecule has 2 aromatic carbocycles. The number of carbonyl (C=O) groups is 1. The van der Waals surface area contributed by atoms with Gasteiger partial charge in [-0.05, 0) is 31.5 Å². The predicted octanol–water partition coefficient (Wildman–Crippen LogP) is 4.14. The molecule has 0 aliphatic carbocycles. The molecule has 3 aromatic rings. The lowest BCUT2D eigenvalue weighted by Gasteiger charge is -2.22. The summed E-state index contributed by atoms with van der Waals surface area (Å²) < 4.78 is 0. The van der Waals surface area contributed by atoms with Crippen molar-refractivity contribution in [3.63, 3.8) is 0 Å². The van der Waals surface area contributed by atoms with Crippen molar-refractivity contribution in [2.24, 2.45) is 0 Å². The van der Waals surface area contributed by atoms with E-state index in [9.17, 15) is 4.79 Å². The van der Waals surface area contributed by atoms with Crippen LogP contribution in [-0.2, 0) is 6.54 Å². The second-order valence-electron chi connectivity index (χ2n) is 6.30. The predicted molar refractivity (Wildman–Crippen MR) is 104 cm³/mol. The zero-order chi connectivity index (χ0) is 18.4. The van der Waals surface area contributed by atoms with Crippen LogP contribution in [0.3, 0.4) is 0 Å². The summed E-state index contributed by atoms with van der Waals surface area (Å²) >= 11 is 0. The minimum absolute atomic E-state index is 0.177. The Balaban J connectivity index is 1.87. The quantitative estimate of drug-likeness (QED) is 0.729. The lowest BCUT2D eigenvalue weighted by atomic mass is 10.2. The highest BCUT2D eigenvalue weighted by atomic mass is 16.2. The molecule has 1 N–H and O–H groups in total. The van der Waals surface area contributed by atoms with Gasteiger partial charge in [0.05, 0.1) is 18.9 Å². The SMILES string of the molecule is CC(C)Nc1cnc(C(=O)N(Cc2ccccc2)c2ccccc2)cn1. The number of para-hydroxylation sites is 1. The summed E-state index contributed by atoms with van der Waals surface area (Å²) in [5.74, 6) is 0.481. The molecule has 0 atom stereocenters. The van der Waals surface area contributed by atoms with Gasteiger partial charge in [-0.15, -0.1) is 0 Å². The van der Waals surface area contributed by atoms with Crippen molar-refractivity contribution in [3.05, 3.63) is 84.3 Å². The van der Waals surface area contributed by atoms with Gasteiger partial charge in [-0.3, -0.25) is 4.79 Å². The molecule has 3 rings (SSSR count). The van der Waals surface area contributed by atoms with Crippen LogP contribution in [0.1, 0.15) is 29.9 Å². The van der Waals surface area contributed by atoms with Crippen molar-refractivity contribution in [2.45, 2.75) is 26.4 Å². The van der Waals surface area contributed by atoms with Crippen LogP contribution in [-0.4, -0.2) is 21.9 Å². The van der Waals surface area contributed by atoms with Gasteiger partial charge in [-0.25, -0.2) is 9.97 Å². The zero-order valence-corrected chi connectivity index (χ0v) is 15.0. The Labute approximate surface area is 153 Å². The van der Waals surface area contributed by atoms with Crippen molar-refractivity contribution in [1.29, 1.82) is 0 Å². The lowest BCUT2D eigenvalue weighted by molar-refractivity contribution is 0.0980. The molecule has 0 saturated carbocycles. The standard InChI is InChI=1S/C21H22N4O/c1-16(2)24-20-14-22-19(13-23-20)21(26)25(18-11-7-4-8-12-18)15-17-9-5-3-6-10-17/h3-14,16H,15H2,1-2H3,(H,23,24). The normalized spacial score (nSPS) is 10.6. The van der Waals surface area contributed by atoms with Crippen LogP contribution >= 0.6 is 0 Å². The summed E-state index contributed by atoms with van der Waals surface area (Å²) in [5, 5.41) is 3.17. The second kappa shape index (κ2) is 8.25. The molecule has 0 spiro atoms. The van der Waals surface area contributed by atoms with Crippen LogP contribution in [0.25, 0.3) is 0 Å². The summed E-state index contributed by atoms with van der Waals surface area (Å²) in [6.45, 7) is 4.52. The van der Waals surface area contributed by atoms with Crippen LogP contribution in [0.4, 0.5) is 11.5 Å². The number of anilines is 2. The van der Waals surface area contributed by atoms with Crippen LogP contribution in [0, 0.1) is 0 Å². The molecule has 0 radical (unpaired) electrons. The van der Waals surface area contributed by atoms with Gasteiger partial charge in [0.1, 0.15) is 11.5 Å². The minimum Gasteiger partial charge on any atom is -0.367 e. The molecule has 26 heavy (non-hydrogen) atoms. The fraction of sp³-hybridized carbons (Fsp3) is 0.190. The smallest absolute Gasteiger partial charge is 0.278 e. The molecule has 132 valence electrons. The van der Waals surface area contributed by atoms with E-state index in [0.717, 1.165) is 11.3 Å². The van der Waals surface area contributed by atoms with Crippen LogP contribution in [0.15, 0.2) is 73.1 Å². The second-order valence-corrected chi connectivity index (χ2v) is 6.30. The topological polar surface area (TPSA) is 58.1 Å². The van der Waals surface area contributed by atoms with Crippen molar-refractivity contribution in [3.8, 4) is 0 Å². The average molecular weight is 346 g/mol. The molecule has 0 aliphatic heterocycles. The number of carbonyl (C=O) groups excluding carboxylic acids is 1. The van der Waals surface area contributed by atoms with Gasteiger partial charge in [-0.1, -0.05) is 48.5 Å². The van der Waals surface area contributed by atoms with Crippen molar-refractivity contribution in [1.82, 2.24) is 9.97 Å². The zero-order valence-electron chi connectivity index (χ0n) is 15.0. The maximum atomic E-state index is 13.1. The molecule has 0 bridgehead atoms. The van der Waals surface area contributed by atoms with E-state index in [1.54, 1.807) is 11.1 Å². The third-order valence-corrected chi connectivity index (χ3v) is 3.80. The van der Waals surface area contributed by atoms with Gasteiger partial charge in [0.2, 0.25) is 0 Å². The molecule has 0 saturated heterocycles. The molecule has 0 aliphatic rings. The Morgan fingerprint density at radius 2 is 1.62 bits per heavy atom. The Morgan fingerprint density at radius 3 is 2.19 bits per heavy atom.